The molecule has 0 atom stereocenters. The normalized spacial score (nSPS) is 12.1. The van der Waals surface area contributed by atoms with Crippen molar-refractivity contribution in [2.75, 3.05) is 13.1 Å². The summed E-state index contributed by atoms with van der Waals surface area (Å²) in [6.07, 6.45) is 9.94. The lowest BCUT2D eigenvalue weighted by Crippen LogP contribution is -2.35. The van der Waals surface area contributed by atoms with Gasteiger partial charge in [-0.2, -0.15) is 4.31 Å². The number of hydrogen-bond donors (Lipinski definition) is 0. The molecular formula is C30H29N3O2S. The zero-order valence-corrected chi connectivity index (χ0v) is 21.5. The average Bonchev–Trinajstić information content (AvgIpc) is 3.39. The number of rotatable bonds is 7. The molecule has 0 spiro atoms. The molecule has 0 aliphatic carbocycles. The summed E-state index contributed by atoms with van der Waals surface area (Å²) >= 11 is 0. The second-order valence-corrected chi connectivity index (χ2v) is 11.2. The molecule has 0 unspecified atom stereocenters. The SMILES string of the molecule is C#CCN(CC(c1cn(C)c2ccccc12)c1cn(C)c2ccccc12)S(=O)(=O)c1ccc(C)cc1. The van der Waals surface area contributed by atoms with E-state index in [1.165, 1.54) is 4.31 Å². The first-order valence-corrected chi connectivity index (χ1v) is 13.3. The van der Waals surface area contributed by atoms with Crippen LogP contribution in [0.15, 0.2) is 90.1 Å². The van der Waals surface area contributed by atoms with Crippen LogP contribution in [0.4, 0.5) is 0 Å². The molecule has 5 aromatic rings. The molecule has 2 aromatic heterocycles. The van der Waals surface area contributed by atoms with Crippen LogP contribution in [-0.4, -0.2) is 34.9 Å². The monoisotopic (exact) mass is 495 g/mol. The highest BCUT2D eigenvalue weighted by Crippen LogP contribution is 2.37. The molecule has 0 radical (unpaired) electrons. The number of aryl methyl sites for hydroxylation is 3. The zero-order valence-electron chi connectivity index (χ0n) is 20.7. The van der Waals surface area contributed by atoms with Gasteiger partial charge < -0.3 is 9.13 Å². The standard InChI is InChI=1S/C30H29N3O2S/c1-5-18-33(36(34,35)23-16-14-22(2)15-17-23)21-28(26-19-31(3)29-12-8-6-10-24(26)29)27-20-32(4)30-13-9-7-11-25(27)30/h1,6-17,19-20,28H,18,21H2,2-4H3. The fourth-order valence-corrected chi connectivity index (χ4v) is 6.45. The van der Waals surface area contributed by atoms with Crippen LogP contribution in [0.3, 0.4) is 0 Å². The Morgan fingerprint density at radius 1 is 0.833 bits per heavy atom. The fraction of sp³-hybridized carbons (Fsp3) is 0.200. The van der Waals surface area contributed by atoms with Crippen molar-refractivity contribution in [3.05, 3.63) is 102 Å². The Kier molecular flexibility index (Phi) is 6.21. The van der Waals surface area contributed by atoms with E-state index >= 15 is 0 Å². The molecule has 0 N–H and O–H groups in total. The van der Waals surface area contributed by atoms with Gasteiger partial charge in [0.05, 0.1) is 11.4 Å². The first kappa shape index (κ1) is 23.9. The summed E-state index contributed by atoms with van der Waals surface area (Å²) in [5.74, 6) is 2.36. The molecule has 0 saturated heterocycles. The summed E-state index contributed by atoms with van der Waals surface area (Å²) in [7, 11) is 0.237. The van der Waals surface area contributed by atoms with Crippen molar-refractivity contribution < 1.29 is 8.42 Å². The lowest BCUT2D eigenvalue weighted by atomic mass is 9.90. The summed E-state index contributed by atoms with van der Waals surface area (Å²) in [6, 6.07) is 23.4. The van der Waals surface area contributed by atoms with Gasteiger partial charge >= 0.3 is 0 Å². The van der Waals surface area contributed by atoms with Gasteiger partial charge in [-0.15, -0.1) is 6.42 Å². The molecule has 0 fully saturated rings. The molecular weight excluding hydrogens is 466 g/mol. The highest BCUT2D eigenvalue weighted by molar-refractivity contribution is 7.89. The minimum atomic E-state index is -3.81. The Bertz CT molecular complexity index is 1620. The predicted molar refractivity (Wildman–Crippen MR) is 146 cm³/mol. The second-order valence-electron chi connectivity index (χ2n) is 9.29. The number of hydrogen-bond acceptors (Lipinski definition) is 2. The minimum Gasteiger partial charge on any atom is -0.350 e. The van der Waals surface area contributed by atoms with E-state index in [1.807, 2.05) is 57.4 Å². The van der Waals surface area contributed by atoms with Crippen LogP contribution in [0, 0.1) is 19.3 Å². The molecule has 2 heterocycles. The summed E-state index contributed by atoms with van der Waals surface area (Å²) in [5.41, 5.74) is 5.35. The Balaban J connectivity index is 1.70. The van der Waals surface area contributed by atoms with Crippen molar-refractivity contribution in [3.63, 3.8) is 0 Å². The summed E-state index contributed by atoms with van der Waals surface area (Å²) in [4.78, 5) is 0.248. The quantitative estimate of drug-likeness (QED) is 0.283. The van der Waals surface area contributed by atoms with Gasteiger partial charge in [-0.3, -0.25) is 0 Å². The van der Waals surface area contributed by atoms with Crippen LogP contribution >= 0.6 is 0 Å². The van der Waals surface area contributed by atoms with Gasteiger partial charge in [-0.25, -0.2) is 8.42 Å². The van der Waals surface area contributed by atoms with Gasteiger partial charge in [0.1, 0.15) is 0 Å². The third-order valence-electron chi connectivity index (χ3n) is 6.92. The smallest absolute Gasteiger partial charge is 0.243 e. The molecule has 36 heavy (non-hydrogen) atoms. The molecule has 5 rings (SSSR count). The maximum Gasteiger partial charge on any atom is 0.243 e. The van der Waals surface area contributed by atoms with Gasteiger partial charge in [0.25, 0.3) is 0 Å². The number of para-hydroxylation sites is 2. The first-order chi connectivity index (χ1) is 17.3. The van der Waals surface area contributed by atoms with Gasteiger partial charge in [0.15, 0.2) is 0 Å². The van der Waals surface area contributed by atoms with E-state index in [-0.39, 0.29) is 23.9 Å². The second kappa shape index (κ2) is 9.34. The van der Waals surface area contributed by atoms with E-state index in [0.717, 1.165) is 38.5 Å². The van der Waals surface area contributed by atoms with Gasteiger partial charge in [0.2, 0.25) is 10.0 Å². The van der Waals surface area contributed by atoms with E-state index in [9.17, 15) is 8.42 Å². The van der Waals surface area contributed by atoms with Crippen LogP contribution in [0.5, 0.6) is 0 Å². The summed E-state index contributed by atoms with van der Waals surface area (Å²) in [6.45, 7) is 2.15. The maximum absolute atomic E-state index is 13.8. The largest absolute Gasteiger partial charge is 0.350 e. The molecule has 0 aliphatic heterocycles. The number of nitrogens with zero attached hydrogens (tertiary/aromatic N) is 3. The Labute approximate surface area is 212 Å². The Morgan fingerprint density at radius 3 is 1.83 bits per heavy atom. The highest BCUT2D eigenvalue weighted by Gasteiger charge is 2.31. The molecule has 3 aromatic carbocycles. The van der Waals surface area contributed by atoms with Crippen molar-refractivity contribution in [1.29, 1.82) is 0 Å². The van der Waals surface area contributed by atoms with Crippen LogP contribution in [0.2, 0.25) is 0 Å². The summed E-state index contributed by atoms with van der Waals surface area (Å²) < 4.78 is 33.2. The van der Waals surface area contributed by atoms with Gasteiger partial charge in [-0.1, -0.05) is 60.0 Å². The number of benzene rings is 3. The number of aromatic nitrogens is 2. The minimum absolute atomic E-state index is 0.0117. The average molecular weight is 496 g/mol. The number of terminal acetylenes is 1. The highest BCUT2D eigenvalue weighted by atomic mass is 32.2. The van der Waals surface area contributed by atoms with E-state index < -0.39 is 10.0 Å². The van der Waals surface area contributed by atoms with Crippen LogP contribution in [0.1, 0.15) is 22.6 Å². The molecule has 6 heteroatoms. The van der Waals surface area contributed by atoms with Gasteiger partial charge in [0, 0.05) is 60.8 Å². The van der Waals surface area contributed by atoms with Crippen LogP contribution < -0.4 is 0 Å². The van der Waals surface area contributed by atoms with Crippen LogP contribution in [-0.2, 0) is 24.1 Å². The zero-order chi connectivity index (χ0) is 25.4. The third kappa shape index (κ3) is 4.11. The molecule has 0 aliphatic rings. The van der Waals surface area contributed by atoms with Crippen molar-refractivity contribution in [2.24, 2.45) is 14.1 Å². The van der Waals surface area contributed by atoms with Crippen molar-refractivity contribution >= 4 is 31.8 Å². The fourth-order valence-electron chi connectivity index (χ4n) is 5.08. The molecule has 5 nitrogen and oxygen atoms in total. The van der Waals surface area contributed by atoms with E-state index in [0.29, 0.717) is 0 Å². The first-order valence-electron chi connectivity index (χ1n) is 11.9. The van der Waals surface area contributed by atoms with E-state index in [4.69, 9.17) is 6.42 Å². The van der Waals surface area contributed by atoms with Gasteiger partial charge in [-0.05, 0) is 42.3 Å². The molecule has 0 saturated carbocycles. The van der Waals surface area contributed by atoms with Crippen molar-refractivity contribution in [3.8, 4) is 12.3 Å². The molecule has 0 amide bonds. The van der Waals surface area contributed by atoms with E-state index in [1.54, 1.807) is 12.1 Å². The van der Waals surface area contributed by atoms with E-state index in [2.05, 4.69) is 51.7 Å². The van der Waals surface area contributed by atoms with Crippen molar-refractivity contribution in [1.82, 2.24) is 13.4 Å². The van der Waals surface area contributed by atoms with Crippen LogP contribution in [0.25, 0.3) is 21.8 Å². The summed E-state index contributed by atoms with van der Waals surface area (Å²) in [5, 5.41) is 2.21. The molecule has 182 valence electrons. The lowest BCUT2D eigenvalue weighted by molar-refractivity contribution is 0.433. The Hall–Kier alpha value is -3.79. The Morgan fingerprint density at radius 2 is 1.33 bits per heavy atom. The topological polar surface area (TPSA) is 47.2 Å². The number of sulfonamides is 1. The number of fused-ring (bicyclic) bond motifs is 2. The molecule has 0 bridgehead atoms. The van der Waals surface area contributed by atoms with Crippen molar-refractivity contribution in [2.45, 2.75) is 17.7 Å². The predicted octanol–water partition coefficient (Wildman–Crippen LogP) is 5.43. The maximum atomic E-state index is 13.8. The third-order valence-corrected chi connectivity index (χ3v) is 8.74. The lowest BCUT2D eigenvalue weighted by Gasteiger charge is -2.26.